The maximum Gasteiger partial charge on any atom is 0.162 e. The monoisotopic (exact) mass is 774 g/mol. The first-order valence-corrected chi connectivity index (χ1v) is 19.2. The summed E-state index contributed by atoms with van der Waals surface area (Å²) in [5, 5.41) is 20.0. The van der Waals surface area contributed by atoms with Gasteiger partial charge in [0, 0.05) is 39.3 Å². The summed E-state index contributed by atoms with van der Waals surface area (Å²) >= 11 is 1.73. The molecule has 2 aliphatic heterocycles. The average molecular weight is 775 g/mol. The van der Waals surface area contributed by atoms with Crippen LogP contribution in [-0.2, 0) is 4.74 Å². The highest BCUT2D eigenvalue weighted by molar-refractivity contribution is 7.15. The molecule has 6 aromatic rings. The lowest BCUT2D eigenvalue weighted by Gasteiger charge is -2.31. The third kappa shape index (κ3) is 6.94. The van der Waals surface area contributed by atoms with E-state index in [1.165, 1.54) is 34.7 Å². The van der Waals surface area contributed by atoms with Crippen molar-refractivity contribution in [1.29, 1.82) is 0 Å². The lowest BCUT2D eigenvalue weighted by molar-refractivity contribution is 0.0762. The van der Waals surface area contributed by atoms with Gasteiger partial charge in [0.05, 0.1) is 24.5 Å². The lowest BCUT2D eigenvalue weighted by Crippen LogP contribution is -2.18. The quantitative estimate of drug-likeness (QED) is 0.131. The topological polar surface area (TPSA) is 100 Å². The van der Waals surface area contributed by atoms with Gasteiger partial charge >= 0.3 is 0 Å². The summed E-state index contributed by atoms with van der Waals surface area (Å²) in [7, 11) is 0. The van der Waals surface area contributed by atoms with Crippen LogP contribution in [0.1, 0.15) is 75.9 Å². The molecule has 0 radical (unpaired) electrons. The number of hydrogen-bond acceptors (Lipinski definition) is 9. The summed E-state index contributed by atoms with van der Waals surface area (Å²) < 4.78 is 57.4. The van der Waals surface area contributed by atoms with Crippen molar-refractivity contribution in [3.05, 3.63) is 146 Å². The Morgan fingerprint density at radius 3 is 2.21 bits per heavy atom. The number of aromatic nitrogens is 3. The SMILES string of the molecule is CC1=C(c2c(F)cc(OCCOCCOc3ccc(C4=N[C@@H](C)c5nnc(C)n5-c5sc(C)c(C)c54)cc3)cc2F)C(c2ccccc2)Oc2ccc(O)cc21. The third-order valence-corrected chi connectivity index (χ3v) is 11.3. The number of aryl methyl sites for hydroxylation is 2. The van der Waals surface area contributed by atoms with E-state index in [0.29, 0.717) is 34.8 Å². The number of ether oxygens (including phenoxy) is 4. The van der Waals surface area contributed by atoms with Crippen LogP contribution in [0.15, 0.2) is 89.9 Å². The molecular formula is C44H40F2N4O5S. The molecule has 9 nitrogen and oxygen atoms in total. The standard InChI is InChI=1S/C44H40F2N4O5S/c1-24-27(4)56-44-39(24)41(47-26(3)43-49-48-28(5)50(43)44)29-11-14-32(15-12-29)53-19-17-52-18-20-54-33-22-35(45)40(36(46)23-33)38-25(2)34-21-31(51)13-16-37(34)55-42(38)30-9-7-6-8-10-30/h6-16,21-23,26,42,51H,17-20H2,1-5H3/t26-,42?/m0/s1. The molecule has 1 unspecified atom stereocenters. The third-order valence-electron chi connectivity index (χ3n) is 10.1. The van der Waals surface area contributed by atoms with Gasteiger partial charge in [-0.05, 0) is 93.8 Å². The minimum atomic E-state index is -0.788. The molecule has 56 heavy (non-hydrogen) atoms. The Labute approximate surface area is 327 Å². The summed E-state index contributed by atoms with van der Waals surface area (Å²) in [5.41, 5.74) is 6.22. The van der Waals surface area contributed by atoms with Crippen molar-refractivity contribution in [2.75, 3.05) is 26.4 Å². The minimum Gasteiger partial charge on any atom is -0.508 e. The predicted molar refractivity (Wildman–Crippen MR) is 213 cm³/mol. The molecule has 0 spiro atoms. The molecule has 1 N–H and O–H groups in total. The molecule has 0 fully saturated rings. The number of phenolic OH excluding ortho intramolecular Hbond substituents is 1. The molecule has 2 atom stereocenters. The molecule has 0 amide bonds. The van der Waals surface area contributed by atoms with Gasteiger partial charge in [0.25, 0.3) is 0 Å². The summed E-state index contributed by atoms with van der Waals surface area (Å²) in [5.74, 6) is 1.36. The zero-order valence-electron chi connectivity index (χ0n) is 31.6. The van der Waals surface area contributed by atoms with Gasteiger partial charge in [-0.3, -0.25) is 9.56 Å². The van der Waals surface area contributed by atoms with Gasteiger partial charge in [0.2, 0.25) is 0 Å². The second-order valence-electron chi connectivity index (χ2n) is 13.8. The lowest BCUT2D eigenvalue weighted by atomic mass is 9.85. The minimum absolute atomic E-state index is 0.0265. The number of thiophene rings is 1. The zero-order valence-corrected chi connectivity index (χ0v) is 32.4. The molecule has 12 heteroatoms. The fraction of sp³-hybridized carbons (Fsp3) is 0.250. The first kappa shape index (κ1) is 37.1. The highest BCUT2D eigenvalue weighted by atomic mass is 32.1. The molecule has 2 aromatic heterocycles. The molecule has 0 saturated heterocycles. The number of rotatable bonds is 11. The normalized spacial score (nSPS) is 16.0. The van der Waals surface area contributed by atoms with Gasteiger partial charge in [-0.25, -0.2) is 8.78 Å². The summed E-state index contributed by atoms with van der Waals surface area (Å²) in [4.78, 5) is 6.33. The van der Waals surface area contributed by atoms with Crippen LogP contribution < -0.4 is 14.2 Å². The Kier molecular flexibility index (Phi) is 10.2. The number of aromatic hydroxyl groups is 1. The van der Waals surface area contributed by atoms with Crippen molar-refractivity contribution in [1.82, 2.24) is 14.8 Å². The number of nitrogens with zero attached hydrogens (tertiary/aromatic N) is 4. The van der Waals surface area contributed by atoms with Gasteiger partial charge in [0.15, 0.2) is 5.82 Å². The van der Waals surface area contributed by atoms with Crippen molar-refractivity contribution in [2.24, 2.45) is 4.99 Å². The van der Waals surface area contributed by atoms with E-state index in [1.807, 2.05) is 68.4 Å². The van der Waals surface area contributed by atoms with E-state index >= 15 is 8.78 Å². The fourth-order valence-corrected chi connectivity index (χ4v) is 8.46. The highest BCUT2D eigenvalue weighted by Crippen LogP contribution is 2.49. The van der Waals surface area contributed by atoms with Gasteiger partial charge in [-0.1, -0.05) is 30.3 Å². The number of fused-ring (bicyclic) bond motifs is 4. The molecule has 8 rings (SSSR count). The van der Waals surface area contributed by atoms with Crippen molar-refractivity contribution in [3.8, 4) is 28.0 Å². The number of halogens is 2. The Morgan fingerprint density at radius 1 is 0.804 bits per heavy atom. The predicted octanol–water partition coefficient (Wildman–Crippen LogP) is 9.69. The number of benzene rings is 4. The molecule has 0 bridgehead atoms. The summed E-state index contributed by atoms with van der Waals surface area (Å²) in [6.07, 6.45) is -0.769. The van der Waals surface area contributed by atoms with Crippen molar-refractivity contribution in [2.45, 2.75) is 46.8 Å². The molecule has 2 aliphatic rings. The van der Waals surface area contributed by atoms with Crippen LogP contribution in [0.3, 0.4) is 0 Å². The van der Waals surface area contributed by atoms with E-state index in [1.54, 1.807) is 24.3 Å². The maximum atomic E-state index is 15.8. The highest BCUT2D eigenvalue weighted by Gasteiger charge is 2.33. The number of phenols is 1. The first-order chi connectivity index (χ1) is 27.1. The number of allylic oxidation sites excluding steroid dienone is 1. The van der Waals surface area contributed by atoms with Gasteiger partial charge in [0.1, 0.15) is 70.8 Å². The van der Waals surface area contributed by atoms with E-state index in [9.17, 15) is 5.11 Å². The Balaban J connectivity index is 0.874. The van der Waals surface area contributed by atoms with E-state index in [0.717, 1.165) is 39.1 Å². The fourth-order valence-electron chi connectivity index (χ4n) is 7.24. The smallest absolute Gasteiger partial charge is 0.162 e. The van der Waals surface area contributed by atoms with E-state index < -0.39 is 17.7 Å². The van der Waals surface area contributed by atoms with Crippen LogP contribution >= 0.6 is 11.3 Å². The summed E-state index contributed by atoms with van der Waals surface area (Å²) in [6, 6.07) is 24.0. The molecular weight excluding hydrogens is 735 g/mol. The molecule has 0 aliphatic carbocycles. The van der Waals surface area contributed by atoms with Crippen molar-refractivity contribution < 1.29 is 32.8 Å². The largest absolute Gasteiger partial charge is 0.508 e. The molecule has 4 heterocycles. The van der Waals surface area contributed by atoms with Gasteiger partial charge in [-0.2, -0.15) is 0 Å². The Hall–Kier alpha value is -5.85. The van der Waals surface area contributed by atoms with Crippen LogP contribution in [0.5, 0.6) is 23.0 Å². The van der Waals surface area contributed by atoms with Crippen molar-refractivity contribution in [3.63, 3.8) is 0 Å². The van der Waals surface area contributed by atoms with E-state index in [4.69, 9.17) is 23.9 Å². The van der Waals surface area contributed by atoms with Crippen LogP contribution in [0.2, 0.25) is 0 Å². The van der Waals surface area contributed by atoms with Crippen LogP contribution in [0, 0.1) is 32.4 Å². The van der Waals surface area contributed by atoms with Gasteiger partial charge < -0.3 is 24.1 Å². The van der Waals surface area contributed by atoms with Crippen LogP contribution in [-0.4, -0.2) is 52.0 Å². The average Bonchev–Trinajstić information content (AvgIpc) is 3.68. The Morgan fingerprint density at radius 2 is 1.50 bits per heavy atom. The zero-order chi connectivity index (χ0) is 39.1. The van der Waals surface area contributed by atoms with Gasteiger partial charge in [-0.15, -0.1) is 21.5 Å². The van der Waals surface area contributed by atoms with Crippen LogP contribution in [0.4, 0.5) is 8.78 Å². The molecule has 286 valence electrons. The van der Waals surface area contributed by atoms with E-state index in [-0.39, 0.29) is 42.9 Å². The van der Waals surface area contributed by atoms with E-state index in [2.05, 4.69) is 28.6 Å². The molecule has 4 aromatic carbocycles. The summed E-state index contributed by atoms with van der Waals surface area (Å²) in [6.45, 7) is 10.9. The second kappa shape index (κ2) is 15.4. The Bertz CT molecular complexity index is 2470. The number of aliphatic imine (C=N–C) groups is 1. The number of hydrogen-bond donors (Lipinski definition) is 1. The van der Waals surface area contributed by atoms with Crippen molar-refractivity contribution >= 4 is 28.2 Å². The maximum absolute atomic E-state index is 15.8. The molecule has 0 saturated carbocycles. The first-order valence-electron chi connectivity index (χ1n) is 18.4. The van der Waals surface area contributed by atoms with Crippen LogP contribution in [0.25, 0.3) is 16.1 Å². The second-order valence-corrected chi connectivity index (χ2v) is 15.0.